The van der Waals surface area contributed by atoms with Crippen molar-refractivity contribution in [2.45, 2.75) is 13.5 Å². The van der Waals surface area contributed by atoms with Crippen LogP contribution in [-0.4, -0.2) is 43.8 Å². The minimum Gasteiger partial charge on any atom is -0.454 e. The first-order chi connectivity index (χ1) is 13.5. The van der Waals surface area contributed by atoms with E-state index in [2.05, 4.69) is 5.32 Å². The van der Waals surface area contributed by atoms with Crippen LogP contribution in [0.25, 0.3) is 0 Å². The number of ketones is 1. The number of rotatable bonds is 6. The van der Waals surface area contributed by atoms with Gasteiger partial charge in [-0.25, -0.2) is 0 Å². The fourth-order valence-electron chi connectivity index (χ4n) is 3.18. The largest absolute Gasteiger partial charge is 0.454 e. The van der Waals surface area contributed by atoms with Crippen LogP contribution in [0.3, 0.4) is 0 Å². The summed E-state index contributed by atoms with van der Waals surface area (Å²) in [5.74, 6) is 2.05. The van der Waals surface area contributed by atoms with Gasteiger partial charge in [-0.1, -0.05) is 6.07 Å². The first-order valence-corrected chi connectivity index (χ1v) is 8.81. The van der Waals surface area contributed by atoms with E-state index in [9.17, 15) is 9.59 Å². The molecule has 2 aromatic rings. The maximum atomic E-state index is 12.5. The minimum atomic E-state index is -0.232. The Hall–Kier alpha value is -3.26. The van der Waals surface area contributed by atoms with Gasteiger partial charge in [0.2, 0.25) is 19.5 Å². The fraction of sp³-hybridized carbons (Fsp3) is 0.300. The lowest BCUT2D eigenvalue weighted by Crippen LogP contribution is -2.30. The summed E-state index contributed by atoms with van der Waals surface area (Å²) in [6.45, 7) is 2.48. The Bertz CT molecular complexity index is 943. The Kier molecular flexibility index (Phi) is 4.79. The zero-order valence-corrected chi connectivity index (χ0v) is 15.6. The molecule has 1 amide bonds. The highest BCUT2D eigenvalue weighted by Gasteiger charge is 2.21. The SMILES string of the molecule is CC(=O)c1cc2c(cc1NC(=O)CN(C)Cc1ccc3c(c1)OCO3)OCO2. The van der Waals surface area contributed by atoms with Gasteiger partial charge in [-0.3, -0.25) is 14.5 Å². The molecule has 2 aromatic carbocycles. The minimum absolute atomic E-state index is 0.0996. The van der Waals surface area contributed by atoms with E-state index in [1.807, 2.05) is 30.1 Å². The highest BCUT2D eigenvalue weighted by molar-refractivity contribution is 6.05. The Balaban J connectivity index is 1.41. The number of carbonyl (C=O) groups is 2. The predicted molar refractivity (Wildman–Crippen MR) is 100 cm³/mol. The number of ether oxygens (including phenoxy) is 4. The van der Waals surface area contributed by atoms with Gasteiger partial charge < -0.3 is 24.3 Å². The number of likely N-dealkylation sites (N-methyl/N-ethyl adjacent to an activating group) is 1. The molecule has 0 bridgehead atoms. The van der Waals surface area contributed by atoms with Crippen LogP contribution >= 0.6 is 0 Å². The Morgan fingerprint density at radius 1 is 0.964 bits per heavy atom. The van der Waals surface area contributed by atoms with Gasteiger partial charge >= 0.3 is 0 Å². The molecular weight excluding hydrogens is 364 g/mol. The monoisotopic (exact) mass is 384 g/mol. The molecule has 146 valence electrons. The van der Waals surface area contributed by atoms with Crippen molar-refractivity contribution in [3.8, 4) is 23.0 Å². The highest BCUT2D eigenvalue weighted by Crippen LogP contribution is 2.37. The Morgan fingerprint density at radius 2 is 1.61 bits per heavy atom. The maximum Gasteiger partial charge on any atom is 0.238 e. The molecule has 0 saturated carbocycles. The van der Waals surface area contributed by atoms with E-state index in [1.165, 1.54) is 6.92 Å². The number of nitrogens with one attached hydrogen (secondary N) is 1. The molecule has 0 radical (unpaired) electrons. The lowest BCUT2D eigenvalue weighted by Gasteiger charge is -2.17. The van der Waals surface area contributed by atoms with Crippen molar-refractivity contribution >= 4 is 17.4 Å². The number of hydrogen-bond acceptors (Lipinski definition) is 7. The molecule has 4 rings (SSSR count). The van der Waals surface area contributed by atoms with E-state index >= 15 is 0 Å². The van der Waals surface area contributed by atoms with E-state index < -0.39 is 0 Å². The van der Waals surface area contributed by atoms with E-state index in [1.54, 1.807) is 12.1 Å². The molecule has 2 aliphatic heterocycles. The molecular formula is C20H20N2O6. The first kappa shape index (κ1) is 18.1. The third kappa shape index (κ3) is 3.72. The zero-order valence-electron chi connectivity index (χ0n) is 15.6. The molecule has 0 spiro atoms. The van der Waals surface area contributed by atoms with E-state index in [0.717, 1.165) is 11.3 Å². The summed E-state index contributed by atoms with van der Waals surface area (Å²) in [7, 11) is 1.84. The van der Waals surface area contributed by atoms with Gasteiger partial charge in [0.15, 0.2) is 28.8 Å². The van der Waals surface area contributed by atoms with Crippen LogP contribution in [0.2, 0.25) is 0 Å². The van der Waals surface area contributed by atoms with Crippen LogP contribution in [0.4, 0.5) is 5.69 Å². The molecule has 0 aliphatic carbocycles. The predicted octanol–water partition coefficient (Wildman–Crippen LogP) is 2.42. The molecule has 0 fully saturated rings. The number of nitrogens with zero attached hydrogens (tertiary/aromatic N) is 1. The molecule has 0 atom stereocenters. The van der Waals surface area contributed by atoms with Gasteiger partial charge in [-0.05, 0) is 37.7 Å². The van der Waals surface area contributed by atoms with Crippen molar-refractivity contribution in [1.82, 2.24) is 4.90 Å². The molecule has 0 aromatic heterocycles. The second-order valence-electron chi connectivity index (χ2n) is 6.72. The van der Waals surface area contributed by atoms with Crippen LogP contribution in [0.5, 0.6) is 23.0 Å². The van der Waals surface area contributed by atoms with Crippen molar-refractivity contribution < 1.29 is 28.5 Å². The number of anilines is 1. The smallest absolute Gasteiger partial charge is 0.238 e. The topological polar surface area (TPSA) is 86.3 Å². The maximum absolute atomic E-state index is 12.5. The molecule has 0 saturated heterocycles. The highest BCUT2D eigenvalue weighted by atomic mass is 16.7. The zero-order chi connectivity index (χ0) is 19.7. The Morgan fingerprint density at radius 3 is 2.32 bits per heavy atom. The van der Waals surface area contributed by atoms with Crippen LogP contribution in [0.15, 0.2) is 30.3 Å². The van der Waals surface area contributed by atoms with Gasteiger partial charge in [0.1, 0.15) is 0 Å². The van der Waals surface area contributed by atoms with Gasteiger partial charge in [0.25, 0.3) is 0 Å². The summed E-state index contributed by atoms with van der Waals surface area (Å²) < 4.78 is 21.3. The summed E-state index contributed by atoms with van der Waals surface area (Å²) in [6.07, 6.45) is 0. The van der Waals surface area contributed by atoms with Crippen LogP contribution in [0, 0.1) is 0 Å². The van der Waals surface area contributed by atoms with Gasteiger partial charge in [-0.2, -0.15) is 0 Å². The number of carbonyl (C=O) groups excluding carboxylic acids is 2. The van der Waals surface area contributed by atoms with Crippen LogP contribution in [0.1, 0.15) is 22.8 Å². The number of hydrogen-bond donors (Lipinski definition) is 1. The van der Waals surface area contributed by atoms with Crippen molar-refractivity contribution in [3.05, 3.63) is 41.5 Å². The average Bonchev–Trinajstić information content (AvgIpc) is 3.28. The fourth-order valence-corrected chi connectivity index (χ4v) is 3.18. The summed E-state index contributed by atoms with van der Waals surface area (Å²) in [5.41, 5.74) is 1.81. The molecule has 8 nitrogen and oxygen atoms in total. The summed E-state index contributed by atoms with van der Waals surface area (Å²) in [4.78, 5) is 26.3. The van der Waals surface area contributed by atoms with E-state index in [4.69, 9.17) is 18.9 Å². The summed E-state index contributed by atoms with van der Waals surface area (Å²) >= 11 is 0. The van der Waals surface area contributed by atoms with E-state index in [0.29, 0.717) is 35.0 Å². The van der Waals surface area contributed by atoms with Crippen molar-refractivity contribution in [2.75, 3.05) is 32.5 Å². The van der Waals surface area contributed by atoms with Crippen molar-refractivity contribution in [1.29, 1.82) is 0 Å². The van der Waals surface area contributed by atoms with Gasteiger partial charge in [0, 0.05) is 18.2 Å². The summed E-state index contributed by atoms with van der Waals surface area (Å²) in [6, 6.07) is 8.92. The van der Waals surface area contributed by atoms with Gasteiger partial charge in [0.05, 0.1) is 12.2 Å². The van der Waals surface area contributed by atoms with Crippen LogP contribution in [-0.2, 0) is 11.3 Å². The summed E-state index contributed by atoms with van der Waals surface area (Å²) in [5, 5.41) is 2.80. The van der Waals surface area contributed by atoms with E-state index in [-0.39, 0.29) is 31.8 Å². The molecule has 28 heavy (non-hydrogen) atoms. The second kappa shape index (κ2) is 7.40. The molecule has 8 heteroatoms. The number of Topliss-reactive ketones (excluding diaryl/α,β-unsaturated/α-hetero) is 1. The molecule has 0 unspecified atom stereocenters. The average molecular weight is 384 g/mol. The van der Waals surface area contributed by atoms with Gasteiger partial charge in [-0.15, -0.1) is 0 Å². The number of amides is 1. The Labute approximate surface area is 161 Å². The first-order valence-electron chi connectivity index (χ1n) is 8.81. The van der Waals surface area contributed by atoms with Crippen molar-refractivity contribution in [3.63, 3.8) is 0 Å². The quantitative estimate of drug-likeness (QED) is 0.766. The number of benzene rings is 2. The second-order valence-corrected chi connectivity index (χ2v) is 6.72. The normalized spacial score (nSPS) is 13.7. The molecule has 2 heterocycles. The van der Waals surface area contributed by atoms with Crippen LogP contribution < -0.4 is 24.3 Å². The lowest BCUT2D eigenvalue weighted by molar-refractivity contribution is -0.117. The molecule has 2 aliphatic rings. The lowest BCUT2D eigenvalue weighted by atomic mass is 10.1. The standard InChI is InChI=1S/C20H20N2O6/c1-12(23)14-6-18-19(28-11-27-18)7-15(14)21-20(24)9-22(2)8-13-3-4-16-17(5-13)26-10-25-16/h3-7H,8-11H2,1-2H3,(H,21,24). The third-order valence-corrected chi connectivity index (χ3v) is 4.47. The van der Waals surface area contributed by atoms with Crippen molar-refractivity contribution in [2.24, 2.45) is 0 Å². The third-order valence-electron chi connectivity index (χ3n) is 4.47. The molecule has 1 N–H and O–H groups in total. The number of fused-ring (bicyclic) bond motifs is 2.